The lowest BCUT2D eigenvalue weighted by Crippen LogP contribution is -2.18. The molecule has 0 aromatic carbocycles. The summed E-state index contributed by atoms with van der Waals surface area (Å²) >= 11 is 8.04. The van der Waals surface area contributed by atoms with Gasteiger partial charge in [-0.15, -0.1) is 0 Å². The molecular formula is C11H20ClN3S. The van der Waals surface area contributed by atoms with Crippen LogP contribution in [0.25, 0.3) is 0 Å². The molecule has 0 fully saturated rings. The Balaban J connectivity index is 2.37. The Morgan fingerprint density at radius 1 is 1.56 bits per heavy atom. The van der Waals surface area contributed by atoms with Crippen molar-refractivity contribution in [2.24, 2.45) is 7.05 Å². The third-order valence-electron chi connectivity index (χ3n) is 2.70. The van der Waals surface area contributed by atoms with E-state index in [1.807, 2.05) is 25.7 Å². The molecule has 1 aromatic rings. The number of rotatable bonds is 6. The second-order valence-electron chi connectivity index (χ2n) is 3.99. The topological polar surface area (TPSA) is 29.9 Å². The maximum absolute atomic E-state index is 6.14. The summed E-state index contributed by atoms with van der Waals surface area (Å²) in [5.74, 6) is 0. The standard InChI is InChI=1S/C11H20ClN3S/c1-8(16-4)5-6-13-7-10-9(2)14-15(3)11(10)12/h8,13H,5-7H2,1-4H3. The summed E-state index contributed by atoms with van der Waals surface area (Å²) in [6, 6.07) is 0. The molecule has 0 aliphatic carbocycles. The highest BCUT2D eigenvalue weighted by Gasteiger charge is 2.10. The Bertz CT molecular complexity index is 338. The van der Waals surface area contributed by atoms with E-state index < -0.39 is 0 Å². The monoisotopic (exact) mass is 261 g/mol. The Kier molecular flexibility index (Phi) is 5.66. The van der Waals surface area contributed by atoms with Crippen LogP contribution in [0.4, 0.5) is 0 Å². The average Bonchev–Trinajstić information content (AvgIpc) is 2.49. The molecule has 0 radical (unpaired) electrons. The quantitative estimate of drug-likeness (QED) is 0.799. The van der Waals surface area contributed by atoms with Gasteiger partial charge in [-0.25, -0.2) is 0 Å². The maximum atomic E-state index is 6.14. The van der Waals surface area contributed by atoms with E-state index in [9.17, 15) is 0 Å². The fraction of sp³-hybridized carbons (Fsp3) is 0.727. The zero-order valence-corrected chi connectivity index (χ0v) is 12.0. The van der Waals surface area contributed by atoms with Gasteiger partial charge in [-0.1, -0.05) is 18.5 Å². The predicted molar refractivity (Wildman–Crippen MR) is 72.3 cm³/mol. The van der Waals surface area contributed by atoms with Crippen molar-refractivity contribution in [2.45, 2.75) is 32.1 Å². The van der Waals surface area contributed by atoms with Gasteiger partial charge in [0, 0.05) is 24.4 Å². The SMILES string of the molecule is CSC(C)CCNCc1c(C)nn(C)c1Cl. The Morgan fingerprint density at radius 3 is 2.75 bits per heavy atom. The first-order valence-electron chi connectivity index (χ1n) is 5.47. The molecule has 0 saturated heterocycles. The van der Waals surface area contributed by atoms with Gasteiger partial charge in [0.1, 0.15) is 5.15 Å². The van der Waals surface area contributed by atoms with Crippen LogP contribution in [0.1, 0.15) is 24.6 Å². The van der Waals surface area contributed by atoms with Crippen molar-refractivity contribution in [1.82, 2.24) is 15.1 Å². The molecule has 1 heterocycles. The third kappa shape index (κ3) is 3.68. The highest BCUT2D eigenvalue weighted by molar-refractivity contribution is 7.99. The Labute approximate surface area is 107 Å². The van der Waals surface area contributed by atoms with Crippen molar-refractivity contribution in [2.75, 3.05) is 12.8 Å². The summed E-state index contributed by atoms with van der Waals surface area (Å²) in [7, 11) is 1.87. The zero-order chi connectivity index (χ0) is 12.1. The van der Waals surface area contributed by atoms with Crippen molar-refractivity contribution in [1.29, 1.82) is 0 Å². The maximum Gasteiger partial charge on any atom is 0.131 e. The van der Waals surface area contributed by atoms with E-state index in [-0.39, 0.29) is 0 Å². The van der Waals surface area contributed by atoms with Crippen LogP contribution < -0.4 is 5.32 Å². The number of halogens is 1. The van der Waals surface area contributed by atoms with E-state index in [4.69, 9.17) is 11.6 Å². The van der Waals surface area contributed by atoms with E-state index in [2.05, 4.69) is 23.6 Å². The number of aryl methyl sites for hydroxylation is 2. The van der Waals surface area contributed by atoms with E-state index in [0.717, 1.165) is 29.5 Å². The number of nitrogens with zero attached hydrogens (tertiary/aromatic N) is 2. The van der Waals surface area contributed by atoms with E-state index in [1.165, 1.54) is 6.42 Å². The summed E-state index contributed by atoms with van der Waals surface area (Å²) in [6.45, 7) is 6.06. The van der Waals surface area contributed by atoms with Crippen LogP contribution in [-0.2, 0) is 13.6 Å². The zero-order valence-electron chi connectivity index (χ0n) is 10.4. The van der Waals surface area contributed by atoms with Gasteiger partial charge in [-0.2, -0.15) is 16.9 Å². The third-order valence-corrected chi connectivity index (χ3v) is 4.21. The molecule has 16 heavy (non-hydrogen) atoms. The molecular weight excluding hydrogens is 242 g/mol. The van der Waals surface area contributed by atoms with Gasteiger partial charge in [-0.05, 0) is 26.1 Å². The number of thioether (sulfide) groups is 1. The van der Waals surface area contributed by atoms with Gasteiger partial charge in [0.25, 0.3) is 0 Å². The highest BCUT2D eigenvalue weighted by atomic mass is 35.5. The van der Waals surface area contributed by atoms with E-state index in [0.29, 0.717) is 5.25 Å². The van der Waals surface area contributed by atoms with Crippen molar-refractivity contribution in [3.05, 3.63) is 16.4 Å². The number of aromatic nitrogens is 2. The minimum atomic E-state index is 0.706. The minimum absolute atomic E-state index is 0.706. The molecule has 1 aromatic heterocycles. The molecule has 1 rings (SSSR count). The first-order chi connectivity index (χ1) is 7.56. The normalized spacial score (nSPS) is 13.1. The molecule has 0 bridgehead atoms. The summed E-state index contributed by atoms with van der Waals surface area (Å²) < 4.78 is 1.72. The largest absolute Gasteiger partial charge is 0.312 e. The first kappa shape index (κ1) is 13.9. The van der Waals surface area contributed by atoms with Gasteiger partial charge in [0.2, 0.25) is 0 Å². The summed E-state index contributed by atoms with van der Waals surface area (Å²) in [5.41, 5.74) is 2.12. The minimum Gasteiger partial charge on any atom is -0.312 e. The summed E-state index contributed by atoms with van der Waals surface area (Å²) in [4.78, 5) is 0. The fourth-order valence-electron chi connectivity index (χ4n) is 1.51. The summed E-state index contributed by atoms with van der Waals surface area (Å²) in [5, 5.41) is 9.14. The molecule has 1 N–H and O–H groups in total. The van der Waals surface area contributed by atoms with Crippen LogP contribution in [0.15, 0.2) is 0 Å². The van der Waals surface area contributed by atoms with Crippen molar-refractivity contribution < 1.29 is 0 Å². The van der Waals surface area contributed by atoms with Crippen molar-refractivity contribution in [3.8, 4) is 0 Å². The Hall–Kier alpha value is -0.190. The second kappa shape index (κ2) is 6.52. The van der Waals surface area contributed by atoms with Crippen LogP contribution in [0, 0.1) is 6.92 Å². The van der Waals surface area contributed by atoms with Crippen molar-refractivity contribution >= 4 is 23.4 Å². The lowest BCUT2D eigenvalue weighted by molar-refractivity contribution is 0.646. The lowest BCUT2D eigenvalue weighted by Gasteiger charge is -2.08. The Morgan fingerprint density at radius 2 is 2.25 bits per heavy atom. The van der Waals surface area contributed by atoms with Gasteiger partial charge in [0.15, 0.2) is 0 Å². The lowest BCUT2D eigenvalue weighted by atomic mass is 10.2. The van der Waals surface area contributed by atoms with Crippen LogP contribution in [0.5, 0.6) is 0 Å². The number of nitrogens with one attached hydrogen (secondary N) is 1. The molecule has 0 amide bonds. The van der Waals surface area contributed by atoms with E-state index >= 15 is 0 Å². The van der Waals surface area contributed by atoms with Crippen LogP contribution in [0.2, 0.25) is 5.15 Å². The smallest absolute Gasteiger partial charge is 0.131 e. The number of hydrogen-bond acceptors (Lipinski definition) is 3. The van der Waals surface area contributed by atoms with Crippen molar-refractivity contribution in [3.63, 3.8) is 0 Å². The van der Waals surface area contributed by atoms with Crippen LogP contribution in [0.3, 0.4) is 0 Å². The first-order valence-corrected chi connectivity index (χ1v) is 7.14. The molecule has 1 atom stereocenters. The predicted octanol–water partition coefficient (Wildman–Crippen LogP) is 2.61. The molecule has 1 unspecified atom stereocenters. The number of hydrogen-bond donors (Lipinski definition) is 1. The van der Waals surface area contributed by atoms with Crippen LogP contribution >= 0.6 is 23.4 Å². The van der Waals surface area contributed by atoms with Gasteiger partial charge >= 0.3 is 0 Å². The molecule has 3 nitrogen and oxygen atoms in total. The second-order valence-corrected chi connectivity index (χ2v) is 5.62. The molecule has 0 spiro atoms. The molecule has 0 aliphatic rings. The molecule has 5 heteroatoms. The van der Waals surface area contributed by atoms with E-state index in [1.54, 1.807) is 4.68 Å². The van der Waals surface area contributed by atoms with Gasteiger partial charge in [0.05, 0.1) is 5.69 Å². The molecule has 0 aliphatic heterocycles. The van der Waals surface area contributed by atoms with Gasteiger partial charge < -0.3 is 5.32 Å². The average molecular weight is 262 g/mol. The molecule has 92 valence electrons. The highest BCUT2D eigenvalue weighted by Crippen LogP contribution is 2.18. The fourth-order valence-corrected chi connectivity index (χ4v) is 2.11. The summed E-state index contributed by atoms with van der Waals surface area (Å²) in [6.07, 6.45) is 3.32. The molecule has 0 saturated carbocycles. The van der Waals surface area contributed by atoms with Gasteiger partial charge in [-0.3, -0.25) is 4.68 Å². The van der Waals surface area contributed by atoms with Crippen LogP contribution in [-0.4, -0.2) is 27.8 Å².